The molecule has 19 heavy (non-hydrogen) atoms. The first kappa shape index (κ1) is 15.2. The Bertz CT molecular complexity index is 554. The van der Waals surface area contributed by atoms with Crippen LogP contribution in [0, 0.1) is 12.8 Å². The summed E-state index contributed by atoms with van der Waals surface area (Å²) < 4.78 is 0. The Labute approximate surface area is 114 Å². The summed E-state index contributed by atoms with van der Waals surface area (Å²) in [4.78, 5) is 10.7. The molecule has 1 aromatic rings. The normalized spacial score (nSPS) is 15.3. The summed E-state index contributed by atoms with van der Waals surface area (Å²) in [6.45, 7) is 11.9. The molecule has 0 aliphatic carbocycles. The van der Waals surface area contributed by atoms with Crippen molar-refractivity contribution in [1.82, 2.24) is 15.5 Å². The van der Waals surface area contributed by atoms with Crippen LogP contribution < -0.4 is 15.9 Å². The van der Waals surface area contributed by atoms with Crippen LogP contribution in [-0.4, -0.2) is 22.5 Å². The lowest BCUT2D eigenvalue weighted by atomic mass is 10.0. The third-order valence-electron chi connectivity index (χ3n) is 3.19. The largest absolute Gasteiger partial charge is 0.385 e. The summed E-state index contributed by atoms with van der Waals surface area (Å²) in [5.74, 6) is 0.388. The number of rotatable bonds is 6. The number of H-pyrrole nitrogens is 1. The van der Waals surface area contributed by atoms with Crippen molar-refractivity contribution in [3.8, 4) is 0 Å². The number of hydrogen-bond donors (Lipinski definition) is 2. The number of hydrogen-bond acceptors (Lipinski definition) is 3. The maximum absolute atomic E-state index is 10.7. The van der Waals surface area contributed by atoms with Gasteiger partial charge in [0.1, 0.15) is 6.29 Å². The van der Waals surface area contributed by atoms with Crippen LogP contribution in [0.1, 0.15) is 32.9 Å². The first-order valence-corrected chi connectivity index (χ1v) is 6.56. The van der Waals surface area contributed by atoms with Gasteiger partial charge in [-0.1, -0.05) is 26.5 Å². The van der Waals surface area contributed by atoms with Gasteiger partial charge in [-0.25, -0.2) is 0 Å². The van der Waals surface area contributed by atoms with Crippen LogP contribution in [0.5, 0.6) is 0 Å². The van der Waals surface area contributed by atoms with E-state index in [4.69, 9.17) is 0 Å². The second-order valence-corrected chi connectivity index (χ2v) is 5.02. The van der Waals surface area contributed by atoms with E-state index in [1.54, 1.807) is 6.08 Å². The van der Waals surface area contributed by atoms with Crippen LogP contribution in [0.2, 0.25) is 0 Å². The van der Waals surface area contributed by atoms with Crippen molar-refractivity contribution in [2.75, 3.05) is 0 Å². The zero-order valence-electron chi connectivity index (χ0n) is 12.2. The predicted octanol–water partition coefficient (Wildman–Crippen LogP) is 1.02. The molecule has 4 heteroatoms. The molecule has 0 unspecified atom stereocenters. The van der Waals surface area contributed by atoms with Crippen molar-refractivity contribution in [2.45, 2.75) is 40.2 Å². The van der Waals surface area contributed by atoms with E-state index in [0.717, 1.165) is 28.2 Å². The van der Waals surface area contributed by atoms with Crippen molar-refractivity contribution < 1.29 is 4.79 Å². The molecule has 4 nitrogen and oxygen atoms in total. The average Bonchev–Trinajstić information content (AvgIpc) is 2.70. The van der Waals surface area contributed by atoms with E-state index in [1.807, 2.05) is 19.9 Å². The first-order chi connectivity index (χ1) is 9.01. The Balaban J connectivity index is 3.23. The highest BCUT2D eigenvalue weighted by Gasteiger charge is 2.13. The number of aromatic nitrogens is 2. The quantitative estimate of drug-likeness (QED) is 0.752. The lowest BCUT2D eigenvalue weighted by Gasteiger charge is -2.21. The molecule has 0 radical (unpaired) electrons. The third kappa shape index (κ3) is 3.81. The zero-order valence-corrected chi connectivity index (χ0v) is 12.2. The van der Waals surface area contributed by atoms with Crippen molar-refractivity contribution >= 4 is 18.1 Å². The molecule has 1 heterocycles. The SMILES string of the molecule is C=C/C=c1/[nH]nc(C)/c1=C(/C)N[C@H](CC=O)C(C)C. The molecule has 0 saturated heterocycles. The number of carbonyl (C=O) groups excluding carboxylic acids is 1. The minimum absolute atomic E-state index is 0.142. The molecule has 1 atom stereocenters. The van der Waals surface area contributed by atoms with Gasteiger partial charge >= 0.3 is 0 Å². The zero-order chi connectivity index (χ0) is 14.4. The Morgan fingerprint density at radius 3 is 2.74 bits per heavy atom. The number of aromatic amines is 1. The Kier molecular flexibility index (Phi) is 5.55. The van der Waals surface area contributed by atoms with Gasteiger partial charge in [0.05, 0.1) is 11.0 Å². The second kappa shape index (κ2) is 6.92. The van der Waals surface area contributed by atoms with Crippen LogP contribution in [0.3, 0.4) is 0 Å². The van der Waals surface area contributed by atoms with Crippen LogP contribution in [0.4, 0.5) is 0 Å². The molecule has 0 aliphatic rings. The predicted molar refractivity (Wildman–Crippen MR) is 78.8 cm³/mol. The fourth-order valence-corrected chi connectivity index (χ4v) is 2.11. The smallest absolute Gasteiger partial charge is 0.122 e. The van der Waals surface area contributed by atoms with Gasteiger partial charge in [-0.15, -0.1) is 0 Å². The van der Waals surface area contributed by atoms with Gasteiger partial charge in [0.15, 0.2) is 0 Å². The van der Waals surface area contributed by atoms with Gasteiger partial charge < -0.3 is 10.1 Å². The fourth-order valence-electron chi connectivity index (χ4n) is 2.11. The van der Waals surface area contributed by atoms with Crippen molar-refractivity contribution in [1.29, 1.82) is 0 Å². The van der Waals surface area contributed by atoms with E-state index in [0.29, 0.717) is 12.3 Å². The van der Waals surface area contributed by atoms with Crippen LogP contribution >= 0.6 is 0 Å². The van der Waals surface area contributed by atoms with Crippen LogP contribution in [0.15, 0.2) is 12.7 Å². The average molecular weight is 261 g/mol. The molecule has 104 valence electrons. The summed E-state index contributed by atoms with van der Waals surface area (Å²) in [7, 11) is 0. The van der Waals surface area contributed by atoms with Gasteiger partial charge in [-0.2, -0.15) is 5.10 Å². The van der Waals surface area contributed by atoms with Crippen molar-refractivity contribution in [2.24, 2.45) is 5.92 Å². The second-order valence-electron chi connectivity index (χ2n) is 5.02. The number of carbonyl (C=O) groups is 1. The number of nitrogens with zero attached hydrogens (tertiary/aromatic N) is 1. The number of nitrogens with one attached hydrogen (secondary N) is 2. The van der Waals surface area contributed by atoms with E-state index in [1.165, 1.54) is 0 Å². The minimum Gasteiger partial charge on any atom is -0.385 e. The summed E-state index contributed by atoms with van der Waals surface area (Å²) in [6.07, 6.45) is 5.09. The maximum Gasteiger partial charge on any atom is 0.122 e. The van der Waals surface area contributed by atoms with E-state index < -0.39 is 0 Å². The molecular formula is C15H23N3O. The van der Waals surface area contributed by atoms with Crippen molar-refractivity contribution in [3.05, 3.63) is 28.9 Å². The summed E-state index contributed by atoms with van der Waals surface area (Å²) in [6, 6.07) is 0.142. The van der Waals surface area contributed by atoms with Crippen LogP contribution in [0.25, 0.3) is 11.8 Å². The molecule has 0 aliphatic heterocycles. The highest BCUT2D eigenvalue weighted by molar-refractivity contribution is 5.52. The van der Waals surface area contributed by atoms with E-state index in [-0.39, 0.29) is 6.04 Å². The standard InChI is InChI=1S/C15H23N3O/c1-6-7-14-15(12(5)17-18-14)11(4)16-13(8-9-19)10(2)3/h6-7,9-10,13,16,18H,1,8H2,2-5H3/b14-7+,15-11+/t13-/m1/s1. The lowest BCUT2D eigenvalue weighted by molar-refractivity contribution is -0.108. The van der Waals surface area contributed by atoms with E-state index in [9.17, 15) is 4.79 Å². The van der Waals surface area contributed by atoms with Gasteiger partial charge in [0.2, 0.25) is 0 Å². The Hall–Kier alpha value is -1.84. The Morgan fingerprint density at radius 1 is 1.53 bits per heavy atom. The molecule has 0 bridgehead atoms. The lowest BCUT2D eigenvalue weighted by Crippen LogP contribution is -2.38. The summed E-state index contributed by atoms with van der Waals surface area (Å²) in [5, 5.41) is 12.6. The highest BCUT2D eigenvalue weighted by Crippen LogP contribution is 2.06. The Morgan fingerprint density at radius 2 is 2.21 bits per heavy atom. The van der Waals surface area contributed by atoms with Crippen LogP contribution in [-0.2, 0) is 4.79 Å². The summed E-state index contributed by atoms with van der Waals surface area (Å²) in [5.41, 5.74) is 1.96. The molecule has 0 saturated carbocycles. The fraction of sp³-hybridized carbons (Fsp3) is 0.467. The highest BCUT2D eigenvalue weighted by atomic mass is 16.1. The van der Waals surface area contributed by atoms with Crippen molar-refractivity contribution in [3.63, 3.8) is 0 Å². The third-order valence-corrected chi connectivity index (χ3v) is 3.19. The number of allylic oxidation sites excluding steroid dienone is 1. The van der Waals surface area contributed by atoms with Gasteiger partial charge in [0.25, 0.3) is 0 Å². The molecule has 1 aromatic heterocycles. The van der Waals surface area contributed by atoms with Gasteiger partial charge in [-0.05, 0) is 25.8 Å². The van der Waals surface area contributed by atoms with Gasteiger partial charge in [0, 0.05) is 23.4 Å². The van der Waals surface area contributed by atoms with Gasteiger partial charge in [-0.3, -0.25) is 5.10 Å². The molecule has 1 rings (SSSR count). The van der Waals surface area contributed by atoms with E-state index >= 15 is 0 Å². The molecule has 0 spiro atoms. The maximum atomic E-state index is 10.7. The number of aryl methyl sites for hydroxylation is 1. The minimum atomic E-state index is 0.142. The van der Waals surface area contributed by atoms with E-state index in [2.05, 4.69) is 35.9 Å². The molecule has 0 fully saturated rings. The summed E-state index contributed by atoms with van der Waals surface area (Å²) >= 11 is 0. The first-order valence-electron chi connectivity index (χ1n) is 6.56. The number of aldehydes is 1. The topological polar surface area (TPSA) is 57.8 Å². The molecular weight excluding hydrogens is 238 g/mol. The molecule has 0 aromatic carbocycles. The molecule has 2 N–H and O–H groups in total. The molecule has 0 amide bonds. The monoisotopic (exact) mass is 261 g/mol.